The summed E-state index contributed by atoms with van der Waals surface area (Å²) < 4.78 is 13.9. The van der Waals surface area contributed by atoms with Gasteiger partial charge in [0.1, 0.15) is 5.82 Å². The van der Waals surface area contributed by atoms with Gasteiger partial charge in [-0.15, -0.1) is 0 Å². The van der Waals surface area contributed by atoms with Crippen LogP contribution in [0.3, 0.4) is 0 Å². The van der Waals surface area contributed by atoms with Gasteiger partial charge in [0.15, 0.2) is 5.60 Å². The predicted octanol–water partition coefficient (Wildman–Crippen LogP) is 3.02. The van der Waals surface area contributed by atoms with E-state index in [1.54, 1.807) is 29.4 Å². The maximum atomic E-state index is 13.9. The van der Waals surface area contributed by atoms with Crippen LogP contribution in [0.2, 0.25) is 0 Å². The molecule has 3 heterocycles. The van der Waals surface area contributed by atoms with Crippen molar-refractivity contribution in [2.75, 3.05) is 13.1 Å². The van der Waals surface area contributed by atoms with Gasteiger partial charge in [-0.1, -0.05) is 17.3 Å². The second kappa shape index (κ2) is 6.27. The highest BCUT2D eigenvalue weighted by Gasteiger charge is 2.44. The third kappa shape index (κ3) is 2.99. The number of pyridine rings is 1. The minimum Gasteiger partial charge on any atom is -0.387 e. The molecule has 6 heteroatoms. The van der Waals surface area contributed by atoms with E-state index in [4.69, 9.17) is 4.84 Å². The number of benzene rings is 1. The Morgan fingerprint density at radius 2 is 2.12 bits per heavy atom. The molecule has 1 unspecified atom stereocenters. The number of carbonyl (C=O) groups excluding carboxylic acids is 1. The Labute approximate surface area is 145 Å². The van der Waals surface area contributed by atoms with Crippen LogP contribution in [0.5, 0.6) is 0 Å². The maximum Gasteiger partial charge on any atom is 0.256 e. The summed E-state index contributed by atoms with van der Waals surface area (Å²) in [7, 11) is 0. The Kier molecular flexibility index (Phi) is 3.95. The summed E-state index contributed by atoms with van der Waals surface area (Å²) in [5.74, 6) is -0.789. The highest BCUT2D eigenvalue weighted by molar-refractivity contribution is 6.01. The van der Waals surface area contributed by atoms with E-state index < -0.39 is 11.4 Å². The molecular weight excluding hydrogens is 321 g/mol. The molecule has 1 aromatic heterocycles. The van der Waals surface area contributed by atoms with Gasteiger partial charge in [0.2, 0.25) is 0 Å². The molecule has 1 atom stereocenters. The largest absolute Gasteiger partial charge is 0.387 e. The molecule has 0 bridgehead atoms. The molecule has 2 aliphatic rings. The number of oxime groups is 1. The van der Waals surface area contributed by atoms with Crippen LogP contribution >= 0.6 is 0 Å². The fourth-order valence-corrected chi connectivity index (χ4v) is 3.51. The minimum atomic E-state index is -0.523. The molecule has 2 aliphatic heterocycles. The number of carbonyl (C=O) groups is 1. The first kappa shape index (κ1) is 15.7. The third-order valence-electron chi connectivity index (χ3n) is 4.76. The third-order valence-corrected chi connectivity index (χ3v) is 4.76. The van der Waals surface area contributed by atoms with Crippen molar-refractivity contribution < 1.29 is 14.0 Å². The van der Waals surface area contributed by atoms with Crippen molar-refractivity contribution in [3.05, 3.63) is 65.7 Å². The molecule has 4 rings (SSSR count). The van der Waals surface area contributed by atoms with Crippen molar-refractivity contribution in [1.29, 1.82) is 0 Å². The van der Waals surface area contributed by atoms with E-state index in [1.165, 1.54) is 12.1 Å². The van der Waals surface area contributed by atoms with Crippen LogP contribution in [-0.2, 0) is 4.84 Å². The highest BCUT2D eigenvalue weighted by Crippen LogP contribution is 2.35. The molecule has 1 aromatic carbocycles. The number of rotatable bonds is 2. The van der Waals surface area contributed by atoms with Crippen molar-refractivity contribution in [3.63, 3.8) is 0 Å². The second-order valence-electron chi connectivity index (χ2n) is 6.54. The molecule has 0 saturated carbocycles. The zero-order valence-corrected chi connectivity index (χ0v) is 13.7. The van der Waals surface area contributed by atoms with Crippen molar-refractivity contribution >= 4 is 11.6 Å². The molecule has 1 saturated heterocycles. The second-order valence-corrected chi connectivity index (χ2v) is 6.54. The van der Waals surface area contributed by atoms with E-state index in [-0.39, 0.29) is 11.5 Å². The van der Waals surface area contributed by atoms with Crippen LogP contribution in [0.1, 0.15) is 35.2 Å². The minimum absolute atomic E-state index is 0.103. The molecule has 25 heavy (non-hydrogen) atoms. The number of aromatic nitrogens is 1. The topological polar surface area (TPSA) is 54.8 Å². The molecule has 0 N–H and O–H groups in total. The smallest absolute Gasteiger partial charge is 0.256 e. The monoisotopic (exact) mass is 339 g/mol. The standard InChI is InChI=1S/C19H18FN3O2/c20-16-7-2-1-6-15(16)18(24)23-10-4-8-19(13-23)11-17(22-25-19)14-5-3-9-21-12-14/h1-3,5-7,9,12H,4,8,10-11,13H2. The van der Waals surface area contributed by atoms with Gasteiger partial charge >= 0.3 is 0 Å². The molecule has 1 spiro atoms. The Morgan fingerprint density at radius 1 is 1.24 bits per heavy atom. The van der Waals surface area contributed by atoms with Crippen LogP contribution in [-0.4, -0.2) is 40.2 Å². The molecule has 1 fully saturated rings. The van der Waals surface area contributed by atoms with Crippen molar-refractivity contribution in [3.8, 4) is 0 Å². The normalized spacial score (nSPS) is 22.6. The number of amides is 1. The van der Waals surface area contributed by atoms with Gasteiger partial charge in [-0.3, -0.25) is 9.78 Å². The summed E-state index contributed by atoms with van der Waals surface area (Å²) >= 11 is 0. The van der Waals surface area contributed by atoms with E-state index in [0.29, 0.717) is 19.5 Å². The first-order chi connectivity index (χ1) is 12.2. The average molecular weight is 339 g/mol. The Bertz CT molecular complexity index is 824. The van der Waals surface area contributed by atoms with Crippen LogP contribution in [0.15, 0.2) is 53.9 Å². The number of likely N-dealkylation sites (tertiary alicyclic amines) is 1. The van der Waals surface area contributed by atoms with E-state index in [0.717, 1.165) is 24.1 Å². The number of hydrogen-bond donors (Lipinski definition) is 0. The first-order valence-corrected chi connectivity index (χ1v) is 8.36. The predicted molar refractivity (Wildman–Crippen MR) is 90.7 cm³/mol. The number of hydrogen-bond acceptors (Lipinski definition) is 4. The van der Waals surface area contributed by atoms with Crippen molar-refractivity contribution in [2.24, 2.45) is 5.16 Å². The molecule has 0 radical (unpaired) electrons. The fraction of sp³-hybridized carbons (Fsp3) is 0.316. The summed E-state index contributed by atoms with van der Waals surface area (Å²) in [5, 5.41) is 4.23. The summed E-state index contributed by atoms with van der Waals surface area (Å²) in [4.78, 5) is 24.2. The van der Waals surface area contributed by atoms with Crippen molar-refractivity contribution in [2.45, 2.75) is 24.9 Å². The average Bonchev–Trinajstić information content (AvgIpc) is 3.05. The Hall–Kier alpha value is -2.76. The first-order valence-electron chi connectivity index (χ1n) is 8.36. The number of halogens is 1. The van der Waals surface area contributed by atoms with E-state index in [1.807, 2.05) is 12.1 Å². The zero-order chi connectivity index (χ0) is 17.3. The van der Waals surface area contributed by atoms with Gasteiger partial charge < -0.3 is 9.74 Å². The number of piperidine rings is 1. The van der Waals surface area contributed by atoms with Gasteiger partial charge in [0.05, 0.1) is 17.8 Å². The summed E-state index contributed by atoms with van der Waals surface area (Å²) in [6, 6.07) is 9.88. The Balaban J connectivity index is 1.51. The van der Waals surface area contributed by atoms with Crippen LogP contribution in [0.4, 0.5) is 4.39 Å². The zero-order valence-electron chi connectivity index (χ0n) is 13.7. The molecule has 2 aromatic rings. The van der Waals surface area contributed by atoms with Gasteiger partial charge in [-0.05, 0) is 37.1 Å². The number of nitrogens with zero attached hydrogens (tertiary/aromatic N) is 3. The lowest BCUT2D eigenvalue weighted by Gasteiger charge is -2.38. The van der Waals surface area contributed by atoms with Gasteiger partial charge in [0, 0.05) is 30.9 Å². The molecule has 1 amide bonds. The summed E-state index contributed by atoms with van der Waals surface area (Å²) in [5.41, 5.74) is 1.35. The lowest BCUT2D eigenvalue weighted by atomic mass is 9.86. The SMILES string of the molecule is O=C(c1ccccc1F)N1CCCC2(CC(c3cccnc3)=NO2)C1. The van der Waals surface area contributed by atoms with Crippen LogP contribution in [0.25, 0.3) is 0 Å². The van der Waals surface area contributed by atoms with Crippen molar-refractivity contribution in [1.82, 2.24) is 9.88 Å². The lowest BCUT2D eigenvalue weighted by Crippen LogP contribution is -2.50. The Morgan fingerprint density at radius 3 is 2.92 bits per heavy atom. The van der Waals surface area contributed by atoms with Gasteiger partial charge in [-0.2, -0.15) is 0 Å². The molecule has 5 nitrogen and oxygen atoms in total. The van der Waals surface area contributed by atoms with Crippen LogP contribution in [0, 0.1) is 5.82 Å². The quantitative estimate of drug-likeness (QED) is 0.845. The van der Waals surface area contributed by atoms with E-state index in [9.17, 15) is 9.18 Å². The lowest BCUT2D eigenvalue weighted by molar-refractivity contribution is -0.0619. The van der Waals surface area contributed by atoms with Gasteiger partial charge in [0.25, 0.3) is 5.91 Å². The fourth-order valence-electron chi connectivity index (χ4n) is 3.51. The molecular formula is C19H18FN3O2. The van der Waals surface area contributed by atoms with Crippen LogP contribution < -0.4 is 0 Å². The highest BCUT2D eigenvalue weighted by atomic mass is 19.1. The summed E-state index contributed by atoms with van der Waals surface area (Å²) in [6.45, 7) is 1.01. The molecule has 0 aliphatic carbocycles. The molecule has 128 valence electrons. The van der Waals surface area contributed by atoms with E-state index in [2.05, 4.69) is 10.1 Å². The summed E-state index contributed by atoms with van der Waals surface area (Å²) in [6.07, 6.45) is 5.72. The van der Waals surface area contributed by atoms with E-state index >= 15 is 0 Å². The maximum absolute atomic E-state index is 13.9. The van der Waals surface area contributed by atoms with Gasteiger partial charge in [-0.25, -0.2) is 4.39 Å².